The van der Waals surface area contributed by atoms with Crippen LogP contribution in [0.15, 0.2) is 6.33 Å². The van der Waals surface area contributed by atoms with Crippen LogP contribution < -0.4 is 0 Å². The summed E-state index contributed by atoms with van der Waals surface area (Å²) in [6.45, 7) is -0.773. The van der Waals surface area contributed by atoms with Gasteiger partial charge in [0.15, 0.2) is 11.4 Å². The van der Waals surface area contributed by atoms with Gasteiger partial charge in [0.1, 0.15) is 0 Å². The first-order chi connectivity index (χ1) is 7.43. The summed E-state index contributed by atoms with van der Waals surface area (Å²) in [5, 5.41) is 8.68. The van der Waals surface area contributed by atoms with E-state index < -0.39 is 30.5 Å². The van der Waals surface area contributed by atoms with E-state index in [1.807, 2.05) is 0 Å². The fourth-order valence-electron chi connectivity index (χ4n) is 1.09. The van der Waals surface area contributed by atoms with Crippen LogP contribution in [0.1, 0.15) is 21.0 Å². The molecule has 8 heteroatoms. The van der Waals surface area contributed by atoms with Gasteiger partial charge in [-0.2, -0.15) is 0 Å². The molecular weight excluding hydrogens is 224 g/mol. The molecule has 1 rings (SSSR count). The van der Waals surface area contributed by atoms with Gasteiger partial charge in [-0.15, -0.1) is 0 Å². The number of H-pyrrole nitrogens is 1. The van der Waals surface area contributed by atoms with Crippen molar-refractivity contribution in [3.63, 3.8) is 0 Å². The van der Waals surface area contributed by atoms with Crippen molar-refractivity contribution in [1.29, 1.82) is 0 Å². The molecule has 1 amide bonds. The second-order valence-corrected chi connectivity index (χ2v) is 3.01. The van der Waals surface area contributed by atoms with Crippen LogP contribution in [0.5, 0.6) is 0 Å². The molecule has 6 nitrogen and oxygen atoms in total. The minimum Gasteiger partial charge on any atom is -0.477 e. The number of carbonyl (C=O) groups is 2. The Morgan fingerprint density at radius 2 is 2.25 bits per heavy atom. The van der Waals surface area contributed by atoms with Crippen molar-refractivity contribution in [3.05, 3.63) is 17.7 Å². The average molecular weight is 233 g/mol. The van der Waals surface area contributed by atoms with E-state index in [0.717, 1.165) is 13.4 Å². The molecule has 0 fully saturated rings. The van der Waals surface area contributed by atoms with Gasteiger partial charge >= 0.3 is 5.97 Å². The maximum Gasteiger partial charge on any atom is 0.354 e. The number of amides is 1. The number of halogens is 2. The van der Waals surface area contributed by atoms with Gasteiger partial charge in [0.25, 0.3) is 12.3 Å². The van der Waals surface area contributed by atoms with Crippen molar-refractivity contribution in [2.45, 2.75) is 6.43 Å². The maximum atomic E-state index is 12.0. The summed E-state index contributed by atoms with van der Waals surface area (Å²) in [7, 11) is 1.15. The predicted molar refractivity (Wildman–Crippen MR) is 48.5 cm³/mol. The monoisotopic (exact) mass is 233 g/mol. The van der Waals surface area contributed by atoms with Gasteiger partial charge in [0.2, 0.25) is 0 Å². The van der Waals surface area contributed by atoms with Gasteiger partial charge in [-0.1, -0.05) is 0 Å². The molecule has 16 heavy (non-hydrogen) atoms. The number of carboxylic acid groups (broad SMARTS) is 1. The zero-order chi connectivity index (χ0) is 12.3. The minimum absolute atomic E-state index is 0.379. The van der Waals surface area contributed by atoms with Crippen molar-refractivity contribution < 1.29 is 23.5 Å². The van der Waals surface area contributed by atoms with Crippen LogP contribution in [-0.4, -0.2) is 51.9 Å². The van der Waals surface area contributed by atoms with Crippen molar-refractivity contribution in [3.8, 4) is 0 Å². The van der Waals surface area contributed by atoms with E-state index in [2.05, 4.69) is 9.97 Å². The number of aromatic nitrogens is 2. The fraction of sp³-hybridized carbons (Fsp3) is 0.375. The Morgan fingerprint density at radius 3 is 2.75 bits per heavy atom. The Labute approximate surface area is 88.9 Å². The van der Waals surface area contributed by atoms with Gasteiger partial charge in [0.05, 0.1) is 12.9 Å². The first kappa shape index (κ1) is 12.1. The molecule has 0 aromatic carbocycles. The lowest BCUT2D eigenvalue weighted by Gasteiger charge is -2.15. The lowest BCUT2D eigenvalue weighted by molar-refractivity contribution is 0.0601. The average Bonchev–Trinajstić information content (AvgIpc) is 2.63. The molecular formula is C8H9F2N3O3. The summed E-state index contributed by atoms with van der Waals surface area (Å²) >= 11 is 0. The first-order valence-electron chi connectivity index (χ1n) is 4.23. The van der Waals surface area contributed by atoms with Gasteiger partial charge < -0.3 is 15.0 Å². The van der Waals surface area contributed by atoms with Crippen LogP contribution in [-0.2, 0) is 0 Å². The number of carboxylic acids is 1. The zero-order valence-electron chi connectivity index (χ0n) is 8.28. The first-order valence-corrected chi connectivity index (χ1v) is 4.23. The highest BCUT2D eigenvalue weighted by Crippen LogP contribution is 2.07. The summed E-state index contributed by atoms with van der Waals surface area (Å²) in [4.78, 5) is 28.6. The summed E-state index contributed by atoms with van der Waals surface area (Å²) < 4.78 is 24.0. The number of carbonyl (C=O) groups excluding carboxylic acids is 1. The number of aromatic amines is 1. The molecule has 0 saturated carbocycles. The van der Waals surface area contributed by atoms with Crippen LogP contribution in [0.2, 0.25) is 0 Å². The highest BCUT2D eigenvalue weighted by atomic mass is 19.3. The molecule has 0 aliphatic heterocycles. The van der Waals surface area contributed by atoms with Crippen molar-refractivity contribution in [2.24, 2.45) is 0 Å². The molecule has 2 N–H and O–H groups in total. The van der Waals surface area contributed by atoms with Crippen LogP contribution in [0, 0.1) is 0 Å². The van der Waals surface area contributed by atoms with E-state index in [1.54, 1.807) is 0 Å². The van der Waals surface area contributed by atoms with E-state index in [9.17, 15) is 18.4 Å². The Morgan fingerprint density at radius 1 is 1.62 bits per heavy atom. The lowest BCUT2D eigenvalue weighted by Crippen LogP contribution is -2.32. The third kappa shape index (κ3) is 2.53. The van der Waals surface area contributed by atoms with Crippen molar-refractivity contribution in [1.82, 2.24) is 14.9 Å². The molecule has 1 heterocycles. The van der Waals surface area contributed by atoms with Gasteiger partial charge in [-0.25, -0.2) is 18.6 Å². The van der Waals surface area contributed by atoms with Gasteiger partial charge in [0, 0.05) is 7.05 Å². The topological polar surface area (TPSA) is 86.3 Å². The molecule has 88 valence electrons. The summed E-state index contributed by atoms with van der Waals surface area (Å²) in [6, 6.07) is 0. The summed E-state index contributed by atoms with van der Waals surface area (Å²) in [6.07, 6.45) is -1.66. The highest BCUT2D eigenvalue weighted by molar-refractivity contribution is 6.02. The van der Waals surface area contributed by atoms with E-state index in [0.29, 0.717) is 4.90 Å². The number of hydrogen-bond donors (Lipinski definition) is 2. The van der Waals surface area contributed by atoms with Gasteiger partial charge in [-0.3, -0.25) is 4.79 Å². The van der Waals surface area contributed by atoms with E-state index >= 15 is 0 Å². The quantitative estimate of drug-likeness (QED) is 0.790. The number of aromatic carboxylic acids is 1. The van der Waals surface area contributed by atoms with Crippen LogP contribution in [0.4, 0.5) is 8.78 Å². The molecule has 0 aliphatic carbocycles. The van der Waals surface area contributed by atoms with E-state index in [4.69, 9.17) is 5.11 Å². The maximum absolute atomic E-state index is 12.0. The van der Waals surface area contributed by atoms with Crippen LogP contribution in [0.25, 0.3) is 0 Å². The molecule has 0 saturated heterocycles. The summed E-state index contributed by atoms with van der Waals surface area (Å²) in [5.74, 6) is -2.23. The van der Waals surface area contributed by atoms with Crippen LogP contribution in [0.3, 0.4) is 0 Å². The fourth-order valence-corrected chi connectivity index (χ4v) is 1.09. The predicted octanol–water partition coefficient (Wildman–Crippen LogP) is 0.445. The molecule has 1 aromatic heterocycles. The minimum atomic E-state index is -2.68. The Bertz CT molecular complexity index is 405. The van der Waals surface area contributed by atoms with E-state index in [1.165, 1.54) is 0 Å². The van der Waals surface area contributed by atoms with Crippen molar-refractivity contribution in [2.75, 3.05) is 13.6 Å². The molecule has 0 aliphatic rings. The van der Waals surface area contributed by atoms with Gasteiger partial charge in [-0.05, 0) is 0 Å². The number of alkyl halides is 2. The summed E-state index contributed by atoms with van der Waals surface area (Å²) in [5.41, 5.74) is -0.790. The zero-order valence-corrected chi connectivity index (χ0v) is 8.28. The second kappa shape index (κ2) is 4.69. The normalized spacial score (nSPS) is 10.5. The van der Waals surface area contributed by atoms with E-state index in [-0.39, 0.29) is 5.69 Å². The van der Waals surface area contributed by atoms with Crippen LogP contribution >= 0.6 is 0 Å². The smallest absolute Gasteiger partial charge is 0.354 e. The number of nitrogens with one attached hydrogen (secondary N) is 1. The molecule has 0 atom stereocenters. The molecule has 0 bridgehead atoms. The Kier molecular flexibility index (Phi) is 3.54. The molecule has 1 aromatic rings. The molecule has 0 radical (unpaired) electrons. The lowest BCUT2D eigenvalue weighted by atomic mass is 10.3. The number of imidazole rings is 1. The Hall–Kier alpha value is -1.99. The second-order valence-electron chi connectivity index (χ2n) is 3.01. The number of nitrogens with zero attached hydrogens (tertiary/aromatic N) is 2. The van der Waals surface area contributed by atoms with Crippen molar-refractivity contribution >= 4 is 11.9 Å². The third-order valence-electron chi connectivity index (χ3n) is 1.81. The third-order valence-corrected chi connectivity index (χ3v) is 1.81. The highest BCUT2D eigenvalue weighted by Gasteiger charge is 2.23. The molecule has 0 spiro atoms. The standard InChI is InChI=1S/C8H9F2N3O3/c1-13(2-4(9)10)7(14)5-6(8(15)16)12-3-11-5/h3-4H,2H2,1H3,(H,11,12)(H,15,16). The largest absolute Gasteiger partial charge is 0.477 e. The molecule has 0 unspecified atom stereocenters. The SMILES string of the molecule is CN(CC(F)F)C(=O)c1nc[nH]c1C(=O)O. The number of rotatable bonds is 4. The Balaban J connectivity index is 2.88. The number of hydrogen-bond acceptors (Lipinski definition) is 3.